The normalized spacial score (nSPS) is 16.2. The molecule has 32 heavy (non-hydrogen) atoms. The van der Waals surface area contributed by atoms with Crippen molar-refractivity contribution < 1.29 is 14.6 Å². The molecule has 2 aromatic carbocycles. The zero-order valence-electron chi connectivity index (χ0n) is 17.4. The van der Waals surface area contributed by atoms with Crippen molar-refractivity contribution in [1.82, 2.24) is 19.3 Å². The van der Waals surface area contributed by atoms with E-state index in [4.69, 9.17) is 15.5 Å². The molecular formula is C24H23N5O3. The zero-order chi connectivity index (χ0) is 22.1. The molecule has 0 saturated carbocycles. The number of aromatic nitrogens is 3. The molecule has 1 fully saturated rings. The Hall–Kier alpha value is -4.07. The van der Waals surface area contributed by atoms with Crippen molar-refractivity contribution in [3.05, 3.63) is 72.8 Å². The summed E-state index contributed by atoms with van der Waals surface area (Å²) in [6.45, 7) is 0.496. The summed E-state index contributed by atoms with van der Waals surface area (Å²) in [6, 6.07) is 16.8. The lowest BCUT2D eigenvalue weighted by Crippen LogP contribution is -2.38. The van der Waals surface area contributed by atoms with Crippen LogP contribution in [0.1, 0.15) is 31.1 Å². The third kappa shape index (κ3) is 3.60. The first-order chi connectivity index (χ1) is 15.6. The minimum Gasteiger partial charge on any atom is -0.465 e. The fourth-order valence-electron chi connectivity index (χ4n) is 4.26. The summed E-state index contributed by atoms with van der Waals surface area (Å²) in [5.74, 6) is 2.48. The van der Waals surface area contributed by atoms with Gasteiger partial charge >= 0.3 is 6.09 Å². The van der Waals surface area contributed by atoms with Gasteiger partial charge in [0.1, 0.15) is 34.4 Å². The van der Waals surface area contributed by atoms with E-state index in [-0.39, 0.29) is 6.04 Å². The van der Waals surface area contributed by atoms with Crippen molar-refractivity contribution in [3.63, 3.8) is 0 Å². The van der Waals surface area contributed by atoms with Gasteiger partial charge in [0, 0.05) is 24.5 Å². The lowest BCUT2D eigenvalue weighted by atomic mass is 10.0. The van der Waals surface area contributed by atoms with E-state index >= 15 is 0 Å². The molecule has 0 radical (unpaired) electrons. The second-order valence-electron chi connectivity index (χ2n) is 7.78. The number of nitrogens with two attached hydrogens (primary N) is 1. The van der Waals surface area contributed by atoms with Crippen molar-refractivity contribution in [2.75, 3.05) is 12.3 Å². The van der Waals surface area contributed by atoms with Gasteiger partial charge in [0.15, 0.2) is 0 Å². The number of anilines is 1. The minimum absolute atomic E-state index is 0.329. The van der Waals surface area contributed by atoms with Crippen LogP contribution in [0.4, 0.5) is 10.6 Å². The van der Waals surface area contributed by atoms with Gasteiger partial charge in [0.25, 0.3) is 0 Å². The average Bonchev–Trinajstić information content (AvgIpc) is 3.21. The van der Waals surface area contributed by atoms with Crippen LogP contribution in [-0.4, -0.2) is 37.0 Å². The number of rotatable bonds is 4. The average molecular weight is 429 g/mol. The van der Waals surface area contributed by atoms with Crippen molar-refractivity contribution >= 4 is 17.4 Å². The van der Waals surface area contributed by atoms with Crippen molar-refractivity contribution in [2.45, 2.75) is 25.3 Å². The molecule has 0 unspecified atom stereocenters. The van der Waals surface area contributed by atoms with Crippen LogP contribution in [0.15, 0.2) is 67.0 Å². The molecule has 1 atom stereocenters. The number of nitrogen functional groups attached to an aromatic ring is 1. The topological polar surface area (TPSA) is 106 Å². The number of imidazole rings is 1. The molecule has 3 heterocycles. The molecule has 8 nitrogen and oxygen atoms in total. The molecule has 8 heteroatoms. The lowest BCUT2D eigenvalue weighted by Gasteiger charge is -2.32. The Balaban J connectivity index is 1.55. The van der Waals surface area contributed by atoms with Crippen molar-refractivity contribution in [2.24, 2.45) is 0 Å². The number of carbonyl (C=O) groups is 1. The molecule has 1 aliphatic rings. The predicted octanol–water partition coefficient (Wildman–Crippen LogP) is 4.98. The molecule has 1 aliphatic heterocycles. The molecule has 162 valence electrons. The van der Waals surface area contributed by atoms with Gasteiger partial charge in [-0.3, -0.25) is 9.30 Å². The molecule has 0 bridgehead atoms. The number of hydrogen-bond acceptors (Lipinski definition) is 5. The number of amides is 1. The molecule has 4 aromatic rings. The van der Waals surface area contributed by atoms with Gasteiger partial charge in [-0.1, -0.05) is 18.2 Å². The number of para-hydroxylation sites is 1. The van der Waals surface area contributed by atoms with Crippen molar-refractivity contribution in [3.8, 4) is 22.8 Å². The van der Waals surface area contributed by atoms with Gasteiger partial charge in [0.05, 0.1) is 6.04 Å². The number of nitrogens with zero attached hydrogens (tertiary/aromatic N) is 4. The van der Waals surface area contributed by atoms with E-state index in [0.29, 0.717) is 35.1 Å². The second kappa shape index (κ2) is 8.22. The molecule has 3 N–H and O–H groups in total. The fourth-order valence-corrected chi connectivity index (χ4v) is 4.26. The highest BCUT2D eigenvalue weighted by molar-refractivity contribution is 5.85. The van der Waals surface area contributed by atoms with E-state index in [1.54, 1.807) is 12.4 Å². The van der Waals surface area contributed by atoms with Gasteiger partial charge in [-0.15, -0.1) is 0 Å². The second-order valence-corrected chi connectivity index (χ2v) is 7.78. The van der Waals surface area contributed by atoms with E-state index in [1.807, 2.05) is 59.0 Å². The van der Waals surface area contributed by atoms with E-state index in [9.17, 15) is 9.90 Å². The SMILES string of the molecule is Nc1nccn2c([C@@H]3CCCCN3C(=O)O)nc(-c3ccc(Oc4ccccc4)cc3)c12. The number of piperidine rings is 1. The van der Waals surface area contributed by atoms with E-state index in [2.05, 4.69) is 4.98 Å². The molecule has 2 aromatic heterocycles. The van der Waals surface area contributed by atoms with Crippen LogP contribution in [0.25, 0.3) is 16.8 Å². The summed E-state index contributed by atoms with van der Waals surface area (Å²) < 4.78 is 7.76. The highest BCUT2D eigenvalue weighted by atomic mass is 16.5. The van der Waals surface area contributed by atoms with Crippen LogP contribution in [0.3, 0.4) is 0 Å². The summed E-state index contributed by atoms with van der Waals surface area (Å²) in [6.07, 6.45) is 4.99. The summed E-state index contributed by atoms with van der Waals surface area (Å²) in [4.78, 5) is 22.4. The first-order valence-corrected chi connectivity index (χ1v) is 10.6. The Labute approximate surface area is 184 Å². The maximum Gasteiger partial charge on any atom is 0.407 e. The molecule has 5 rings (SSSR count). The molecule has 1 amide bonds. The standard InChI is InChI=1S/C24H23N5O3/c25-22-21-20(16-9-11-18(12-10-16)32-17-6-2-1-3-7-17)27-23(29(21)15-13-26-22)19-8-4-5-14-28(19)24(30)31/h1-3,6-7,9-13,15,19H,4-5,8,14H2,(H2,25,26)(H,30,31)/t19-/m0/s1. The molecule has 1 saturated heterocycles. The number of likely N-dealkylation sites (tertiary alicyclic amines) is 1. The van der Waals surface area contributed by atoms with Crippen LogP contribution in [0.2, 0.25) is 0 Å². The summed E-state index contributed by atoms with van der Waals surface area (Å²) >= 11 is 0. The van der Waals surface area contributed by atoms with Gasteiger partial charge in [-0.05, 0) is 55.7 Å². The third-order valence-electron chi connectivity index (χ3n) is 5.76. The van der Waals surface area contributed by atoms with Gasteiger partial charge < -0.3 is 15.6 Å². The Morgan fingerprint density at radius 1 is 1.06 bits per heavy atom. The number of ether oxygens (including phenoxy) is 1. The van der Waals surface area contributed by atoms with Gasteiger partial charge in [0.2, 0.25) is 0 Å². The Morgan fingerprint density at radius 3 is 2.56 bits per heavy atom. The Morgan fingerprint density at radius 2 is 1.81 bits per heavy atom. The number of fused-ring (bicyclic) bond motifs is 1. The Kier molecular flexibility index (Phi) is 5.10. The Bertz CT molecular complexity index is 1250. The largest absolute Gasteiger partial charge is 0.465 e. The van der Waals surface area contributed by atoms with Crippen molar-refractivity contribution in [1.29, 1.82) is 0 Å². The van der Waals surface area contributed by atoms with Crippen LogP contribution in [0, 0.1) is 0 Å². The summed E-state index contributed by atoms with van der Waals surface area (Å²) in [7, 11) is 0. The van der Waals surface area contributed by atoms with Crippen LogP contribution in [-0.2, 0) is 0 Å². The first-order valence-electron chi connectivity index (χ1n) is 10.6. The number of benzene rings is 2. The highest BCUT2D eigenvalue weighted by Crippen LogP contribution is 2.36. The van der Waals surface area contributed by atoms with Gasteiger partial charge in [-0.2, -0.15) is 0 Å². The quantitative estimate of drug-likeness (QED) is 0.474. The summed E-state index contributed by atoms with van der Waals surface area (Å²) in [5, 5.41) is 9.71. The van der Waals surface area contributed by atoms with Crippen LogP contribution >= 0.6 is 0 Å². The predicted molar refractivity (Wildman–Crippen MR) is 121 cm³/mol. The zero-order valence-corrected chi connectivity index (χ0v) is 17.4. The molecule has 0 spiro atoms. The fraction of sp³-hybridized carbons (Fsp3) is 0.208. The van der Waals surface area contributed by atoms with Crippen LogP contribution in [0.5, 0.6) is 11.5 Å². The monoisotopic (exact) mass is 429 g/mol. The lowest BCUT2D eigenvalue weighted by molar-refractivity contribution is 0.103. The number of carboxylic acid groups (broad SMARTS) is 1. The smallest absolute Gasteiger partial charge is 0.407 e. The van der Waals surface area contributed by atoms with E-state index in [1.165, 1.54) is 4.90 Å². The summed E-state index contributed by atoms with van der Waals surface area (Å²) in [5.41, 5.74) is 8.44. The van der Waals surface area contributed by atoms with E-state index in [0.717, 1.165) is 30.6 Å². The van der Waals surface area contributed by atoms with Crippen LogP contribution < -0.4 is 10.5 Å². The molecule has 0 aliphatic carbocycles. The number of hydrogen-bond donors (Lipinski definition) is 2. The molecular weight excluding hydrogens is 406 g/mol. The van der Waals surface area contributed by atoms with Gasteiger partial charge in [-0.25, -0.2) is 14.8 Å². The van der Waals surface area contributed by atoms with E-state index < -0.39 is 6.09 Å². The minimum atomic E-state index is -0.933. The first kappa shape index (κ1) is 19.9. The maximum atomic E-state index is 11.8. The highest BCUT2D eigenvalue weighted by Gasteiger charge is 2.32. The third-order valence-corrected chi connectivity index (χ3v) is 5.76. The maximum absolute atomic E-state index is 11.8.